The van der Waals surface area contributed by atoms with Gasteiger partial charge in [-0.3, -0.25) is 14.6 Å². The second-order valence-corrected chi connectivity index (χ2v) is 8.18. The maximum atomic E-state index is 13.3. The van der Waals surface area contributed by atoms with Crippen LogP contribution in [0.4, 0.5) is 0 Å². The summed E-state index contributed by atoms with van der Waals surface area (Å²) in [6.45, 7) is 3.24. The molecule has 0 bridgehead atoms. The average Bonchev–Trinajstić information content (AvgIpc) is 3.42. The molecule has 3 aromatic heterocycles. The van der Waals surface area contributed by atoms with Crippen LogP contribution in [0.15, 0.2) is 36.7 Å². The number of halogens is 1. The van der Waals surface area contributed by atoms with Crippen LogP contribution in [0.5, 0.6) is 0 Å². The Labute approximate surface area is 183 Å². The Kier molecular flexibility index (Phi) is 5.08. The molecule has 0 N–H and O–H groups in total. The van der Waals surface area contributed by atoms with Crippen LogP contribution in [-0.4, -0.2) is 58.1 Å². The van der Waals surface area contributed by atoms with E-state index < -0.39 is 17.5 Å². The standard InChI is InChI=1S/C23H20ClN3O4/c24-15-7-4-12-27-19(15)17(23(30)31-13-5-11-26-9-1-2-10-26)16-20(27)22(29)18-14(21(16)28)6-3-8-25-18/h3-4,6-8,12H,1-2,5,9-11,13H2. The van der Waals surface area contributed by atoms with Crippen LogP contribution >= 0.6 is 11.6 Å². The number of hydrogen-bond donors (Lipinski definition) is 0. The van der Waals surface area contributed by atoms with E-state index in [1.165, 1.54) is 23.4 Å². The van der Waals surface area contributed by atoms with Crippen LogP contribution < -0.4 is 0 Å². The minimum atomic E-state index is -0.651. The fourth-order valence-electron chi connectivity index (χ4n) is 4.46. The number of rotatable bonds is 5. The highest BCUT2D eigenvalue weighted by Gasteiger charge is 2.39. The molecule has 7 nitrogen and oxygen atoms in total. The van der Waals surface area contributed by atoms with E-state index >= 15 is 0 Å². The number of ketones is 2. The Bertz CT molecular complexity index is 1230. The van der Waals surface area contributed by atoms with E-state index in [9.17, 15) is 14.4 Å². The lowest BCUT2D eigenvalue weighted by atomic mass is 9.89. The van der Waals surface area contributed by atoms with Crippen molar-refractivity contribution in [3.8, 4) is 0 Å². The molecular formula is C23H20ClN3O4. The van der Waals surface area contributed by atoms with Crippen molar-refractivity contribution < 1.29 is 19.1 Å². The second-order valence-electron chi connectivity index (χ2n) is 7.77. The SMILES string of the molecule is O=C1c2cccnc2C(=O)c2c1c(C(=O)OCCCN1CCCC1)c1c(Cl)cccn21. The number of fused-ring (bicyclic) bond motifs is 4. The number of likely N-dealkylation sites (tertiary alicyclic amines) is 1. The summed E-state index contributed by atoms with van der Waals surface area (Å²) >= 11 is 6.41. The maximum absolute atomic E-state index is 13.3. The van der Waals surface area contributed by atoms with Crippen LogP contribution in [0.3, 0.4) is 0 Å². The molecule has 1 aliphatic heterocycles. The molecular weight excluding hydrogens is 418 g/mol. The molecule has 1 aliphatic carbocycles. The molecule has 3 aromatic rings. The van der Waals surface area contributed by atoms with E-state index in [1.54, 1.807) is 30.5 Å². The average molecular weight is 438 g/mol. The van der Waals surface area contributed by atoms with E-state index in [2.05, 4.69) is 9.88 Å². The van der Waals surface area contributed by atoms with Gasteiger partial charge in [-0.15, -0.1) is 0 Å². The molecule has 0 radical (unpaired) electrons. The highest BCUT2D eigenvalue weighted by Crippen LogP contribution is 2.36. The predicted molar refractivity (Wildman–Crippen MR) is 114 cm³/mol. The maximum Gasteiger partial charge on any atom is 0.341 e. The van der Waals surface area contributed by atoms with Crippen LogP contribution in [0.2, 0.25) is 5.02 Å². The summed E-state index contributed by atoms with van der Waals surface area (Å²) in [6.07, 6.45) is 6.19. The van der Waals surface area contributed by atoms with Crippen molar-refractivity contribution in [2.75, 3.05) is 26.2 Å². The second kappa shape index (κ2) is 7.90. The molecule has 0 aromatic carbocycles. The van der Waals surface area contributed by atoms with Crippen molar-refractivity contribution in [2.24, 2.45) is 0 Å². The summed E-state index contributed by atoms with van der Waals surface area (Å²) in [6, 6.07) is 6.41. The Morgan fingerprint density at radius 2 is 1.94 bits per heavy atom. The van der Waals surface area contributed by atoms with Gasteiger partial charge in [-0.25, -0.2) is 4.79 Å². The summed E-state index contributed by atoms with van der Waals surface area (Å²) in [5.74, 6) is -1.50. The molecule has 1 saturated heterocycles. The van der Waals surface area contributed by atoms with Crippen LogP contribution in [0.25, 0.3) is 5.52 Å². The number of carbonyl (C=O) groups is 3. The van der Waals surface area contributed by atoms with Crippen molar-refractivity contribution >= 4 is 34.7 Å². The summed E-state index contributed by atoms with van der Waals surface area (Å²) in [5, 5.41) is 0.263. The topological polar surface area (TPSA) is 81.0 Å². The third-order valence-corrected chi connectivity index (χ3v) is 6.18. The molecule has 2 aliphatic rings. The van der Waals surface area contributed by atoms with Gasteiger partial charge >= 0.3 is 5.97 Å². The third-order valence-electron chi connectivity index (χ3n) is 5.87. The van der Waals surface area contributed by atoms with Gasteiger partial charge in [0, 0.05) is 18.9 Å². The van der Waals surface area contributed by atoms with E-state index in [0.29, 0.717) is 11.9 Å². The molecule has 4 heterocycles. The minimum Gasteiger partial charge on any atom is -0.462 e. The zero-order valence-electron chi connectivity index (χ0n) is 16.8. The molecule has 0 unspecified atom stereocenters. The van der Waals surface area contributed by atoms with E-state index in [4.69, 9.17) is 16.3 Å². The first-order valence-corrected chi connectivity index (χ1v) is 10.7. The molecule has 0 amide bonds. The zero-order valence-corrected chi connectivity index (χ0v) is 17.5. The lowest BCUT2D eigenvalue weighted by Crippen LogP contribution is -2.24. The van der Waals surface area contributed by atoms with Gasteiger partial charge in [0.15, 0.2) is 5.78 Å². The molecule has 158 valence electrons. The summed E-state index contributed by atoms with van der Waals surface area (Å²) in [7, 11) is 0. The van der Waals surface area contributed by atoms with Crippen LogP contribution in [0.1, 0.15) is 61.7 Å². The van der Waals surface area contributed by atoms with Crippen LogP contribution in [0, 0.1) is 0 Å². The Hall–Kier alpha value is -3.03. The highest BCUT2D eigenvalue weighted by molar-refractivity contribution is 6.37. The van der Waals surface area contributed by atoms with Gasteiger partial charge in [0.2, 0.25) is 5.78 Å². The molecule has 5 rings (SSSR count). The summed E-state index contributed by atoms with van der Waals surface area (Å²) in [5.41, 5.74) is 0.712. The van der Waals surface area contributed by atoms with Crippen molar-refractivity contribution in [2.45, 2.75) is 19.3 Å². The van der Waals surface area contributed by atoms with Crippen molar-refractivity contribution in [3.05, 3.63) is 69.8 Å². The Morgan fingerprint density at radius 3 is 2.74 bits per heavy atom. The van der Waals surface area contributed by atoms with Gasteiger partial charge in [-0.05, 0) is 56.6 Å². The van der Waals surface area contributed by atoms with Gasteiger partial charge in [-0.1, -0.05) is 11.6 Å². The van der Waals surface area contributed by atoms with E-state index in [1.807, 2.05) is 0 Å². The lowest BCUT2D eigenvalue weighted by molar-refractivity contribution is 0.0491. The predicted octanol–water partition coefficient (Wildman–Crippen LogP) is 3.41. The minimum absolute atomic E-state index is 0.0307. The summed E-state index contributed by atoms with van der Waals surface area (Å²) < 4.78 is 7.03. The number of nitrogens with zero attached hydrogens (tertiary/aromatic N) is 3. The van der Waals surface area contributed by atoms with Gasteiger partial charge in [0.25, 0.3) is 0 Å². The van der Waals surface area contributed by atoms with Gasteiger partial charge in [0.05, 0.1) is 33.8 Å². The van der Waals surface area contributed by atoms with Crippen molar-refractivity contribution in [1.82, 2.24) is 14.3 Å². The van der Waals surface area contributed by atoms with Crippen molar-refractivity contribution in [3.63, 3.8) is 0 Å². The zero-order chi connectivity index (χ0) is 21.5. The highest BCUT2D eigenvalue weighted by atomic mass is 35.5. The Morgan fingerprint density at radius 1 is 1.13 bits per heavy atom. The molecule has 31 heavy (non-hydrogen) atoms. The van der Waals surface area contributed by atoms with Crippen molar-refractivity contribution in [1.29, 1.82) is 0 Å². The summed E-state index contributed by atoms with van der Waals surface area (Å²) in [4.78, 5) is 46.0. The quantitative estimate of drug-likeness (QED) is 0.351. The molecule has 8 heteroatoms. The monoisotopic (exact) mass is 437 g/mol. The lowest BCUT2D eigenvalue weighted by Gasteiger charge is -2.15. The number of carbonyl (C=O) groups excluding carboxylic acids is 3. The first-order chi connectivity index (χ1) is 15.1. The van der Waals surface area contributed by atoms with Crippen LogP contribution in [-0.2, 0) is 4.74 Å². The molecule has 0 atom stereocenters. The number of esters is 1. The first-order valence-electron chi connectivity index (χ1n) is 10.3. The largest absolute Gasteiger partial charge is 0.462 e. The smallest absolute Gasteiger partial charge is 0.341 e. The molecule has 1 fully saturated rings. The molecule has 0 spiro atoms. The first kappa shape index (κ1) is 19.9. The number of hydrogen-bond acceptors (Lipinski definition) is 6. The van der Waals surface area contributed by atoms with Gasteiger partial charge in [0.1, 0.15) is 11.4 Å². The third kappa shape index (κ3) is 3.25. The normalized spacial score (nSPS) is 15.9. The number of pyridine rings is 2. The fraction of sp³-hybridized carbons (Fsp3) is 0.304. The number of ether oxygens (including phenoxy) is 1. The number of aromatic nitrogens is 2. The van der Waals surface area contributed by atoms with Gasteiger partial charge < -0.3 is 14.0 Å². The van der Waals surface area contributed by atoms with E-state index in [-0.39, 0.29) is 39.7 Å². The Balaban J connectivity index is 1.53. The van der Waals surface area contributed by atoms with Gasteiger partial charge in [-0.2, -0.15) is 0 Å². The van der Waals surface area contributed by atoms with E-state index in [0.717, 1.165) is 19.6 Å². The fourth-order valence-corrected chi connectivity index (χ4v) is 4.71. The molecule has 0 saturated carbocycles.